The number of amides is 1. The highest BCUT2D eigenvalue weighted by Crippen LogP contribution is 2.18. The number of benzene rings is 2. The number of phenolic OH excluding ortho intramolecular Hbond substituents is 1. The second-order valence-electron chi connectivity index (χ2n) is 5.20. The van der Waals surface area contributed by atoms with Crippen molar-refractivity contribution < 1.29 is 27.6 Å². The topological polar surface area (TPSA) is 116 Å². The first-order chi connectivity index (χ1) is 11.7. The fourth-order valence-corrected chi connectivity index (χ4v) is 2.33. The van der Waals surface area contributed by atoms with Crippen molar-refractivity contribution in [3.05, 3.63) is 54.1 Å². The molecule has 0 atom stereocenters. The van der Waals surface area contributed by atoms with Gasteiger partial charge in [-0.3, -0.25) is 9.35 Å². The van der Waals surface area contributed by atoms with Gasteiger partial charge in [0.05, 0.1) is 5.69 Å². The zero-order valence-electron chi connectivity index (χ0n) is 13.4. The highest BCUT2D eigenvalue weighted by atomic mass is 32.2. The molecule has 0 bridgehead atoms. The summed E-state index contributed by atoms with van der Waals surface area (Å²) in [6, 6.07) is 12.7. The maximum atomic E-state index is 11.8. The molecule has 9 heteroatoms. The maximum absolute atomic E-state index is 11.8. The van der Waals surface area contributed by atoms with Crippen LogP contribution < -0.4 is 15.2 Å². The number of nitrogens with one attached hydrogen (secondary N) is 1. The van der Waals surface area contributed by atoms with Gasteiger partial charge in [0.15, 0.2) is 0 Å². The van der Waals surface area contributed by atoms with Crippen LogP contribution in [0.2, 0.25) is 0 Å². The molecule has 25 heavy (non-hydrogen) atoms. The first kappa shape index (κ1) is 18.7. The molecule has 2 aromatic carbocycles. The lowest BCUT2D eigenvalue weighted by molar-refractivity contribution is -0.117. The summed E-state index contributed by atoms with van der Waals surface area (Å²) < 4.78 is 35.1. The van der Waals surface area contributed by atoms with Crippen molar-refractivity contribution in [2.75, 3.05) is 10.9 Å². The van der Waals surface area contributed by atoms with Crippen molar-refractivity contribution in [2.24, 2.45) is 0 Å². The molecule has 2 aromatic rings. The number of anilines is 1. The smallest absolute Gasteiger partial charge is 0.300 e. The summed E-state index contributed by atoms with van der Waals surface area (Å²) in [6.07, 6.45) is 0. The van der Waals surface area contributed by atoms with Gasteiger partial charge >= 0.3 is 10.1 Å². The Hall–Kier alpha value is -2.62. The van der Waals surface area contributed by atoms with Crippen molar-refractivity contribution in [1.29, 1.82) is 0 Å². The summed E-state index contributed by atoms with van der Waals surface area (Å²) in [5, 5.41) is 10.6. The third kappa shape index (κ3) is 6.07. The quantitative estimate of drug-likeness (QED) is 0.504. The number of carbonyl (C=O) groups is 1. The number of hydrogen-bond acceptors (Lipinski definition) is 6. The molecule has 0 heterocycles. The molecule has 8 nitrogen and oxygen atoms in total. The van der Waals surface area contributed by atoms with Crippen LogP contribution in [0.25, 0.3) is 0 Å². The molecule has 0 spiro atoms. The highest BCUT2D eigenvalue weighted by molar-refractivity contribution is 7.85. The van der Waals surface area contributed by atoms with Crippen LogP contribution in [0.5, 0.6) is 11.5 Å². The Morgan fingerprint density at radius 3 is 2.48 bits per heavy atom. The number of aromatic hydroxyl groups is 1. The first-order valence-corrected chi connectivity index (χ1v) is 8.85. The molecule has 0 aromatic heterocycles. The van der Waals surface area contributed by atoms with E-state index < -0.39 is 16.1 Å². The van der Waals surface area contributed by atoms with Crippen LogP contribution in [0.15, 0.2) is 48.5 Å². The minimum Gasteiger partial charge on any atom is -0.508 e. The number of rotatable bonds is 7. The molecule has 0 fully saturated rings. The molecular formula is C16H18N2O6S. The van der Waals surface area contributed by atoms with Crippen LogP contribution in [-0.2, 0) is 21.5 Å². The van der Waals surface area contributed by atoms with Gasteiger partial charge in [0, 0.05) is 13.5 Å². The second kappa shape index (κ2) is 7.97. The number of ether oxygens (including phenoxy) is 1. The number of hydrogen-bond donors (Lipinski definition) is 3. The van der Waals surface area contributed by atoms with Gasteiger partial charge in [-0.2, -0.15) is 8.42 Å². The lowest BCUT2D eigenvalue weighted by Crippen LogP contribution is -2.41. The van der Waals surface area contributed by atoms with Crippen LogP contribution in [0.3, 0.4) is 0 Å². The minimum atomic E-state index is -4.22. The van der Waals surface area contributed by atoms with E-state index in [2.05, 4.69) is 5.43 Å². The molecule has 0 aliphatic heterocycles. The maximum Gasteiger partial charge on any atom is 0.300 e. The van der Waals surface area contributed by atoms with E-state index in [1.807, 2.05) is 0 Å². The zero-order valence-corrected chi connectivity index (χ0v) is 14.2. The molecule has 0 unspecified atom stereocenters. The number of nitrogens with zero attached hydrogens (tertiary/aromatic N) is 1. The molecule has 2 rings (SSSR count). The van der Waals surface area contributed by atoms with Gasteiger partial charge < -0.3 is 9.84 Å². The van der Waals surface area contributed by atoms with Crippen LogP contribution in [0, 0.1) is 0 Å². The molecule has 0 radical (unpaired) electrons. The van der Waals surface area contributed by atoms with Gasteiger partial charge in [-0.25, -0.2) is 10.4 Å². The average molecular weight is 366 g/mol. The Balaban J connectivity index is 2.05. The van der Waals surface area contributed by atoms with E-state index in [1.165, 1.54) is 24.1 Å². The van der Waals surface area contributed by atoms with Crippen LogP contribution in [-0.4, -0.2) is 29.9 Å². The van der Waals surface area contributed by atoms with Crippen molar-refractivity contribution in [1.82, 2.24) is 5.43 Å². The van der Waals surface area contributed by atoms with Crippen molar-refractivity contribution in [3.8, 4) is 11.5 Å². The summed E-state index contributed by atoms with van der Waals surface area (Å²) in [4.78, 5) is 11.8. The Labute approximate surface area is 145 Å². The summed E-state index contributed by atoms with van der Waals surface area (Å²) in [6.45, 7) is 1.66. The SMILES string of the molecule is CC(=O)N(NCc1cccc(OCS(=O)(=O)O)c1)c1ccc(O)cc1. The summed E-state index contributed by atoms with van der Waals surface area (Å²) in [5.41, 5.74) is 4.24. The van der Waals surface area contributed by atoms with Crippen LogP contribution in [0.1, 0.15) is 12.5 Å². The monoisotopic (exact) mass is 366 g/mol. The first-order valence-electron chi connectivity index (χ1n) is 7.25. The second-order valence-corrected chi connectivity index (χ2v) is 6.60. The Bertz CT molecular complexity index is 836. The van der Waals surface area contributed by atoms with E-state index >= 15 is 0 Å². The Morgan fingerprint density at radius 1 is 1.20 bits per heavy atom. The summed E-state index contributed by atoms with van der Waals surface area (Å²) in [7, 11) is -4.22. The average Bonchev–Trinajstić information content (AvgIpc) is 2.54. The molecule has 0 aliphatic rings. The van der Waals surface area contributed by atoms with Gasteiger partial charge in [0.2, 0.25) is 11.8 Å². The minimum absolute atomic E-state index is 0.0935. The fraction of sp³-hybridized carbons (Fsp3) is 0.188. The standard InChI is InChI=1S/C16H18N2O6S/c1-12(19)18(14-5-7-15(20)8-6-14)17-10-13-3-2-4-16(9-13)24-11-25(21,22)23/h2-9,17,20H,10-11H2,1H3,(H,21,22,23). The molecule has 3 N–H and O–H groups in total. The van der Waals surface area contributed by atoms with Crippen LogP contribution >= 0.6 is 0 Å². The Morgan fingerprint density at radius 2 is 1.88 bits per heavy atom. The highest BCUT2D eigenvalue weighted by Gasteiger charge is 2.11. The van der Waals surface area contributed by atoms with E-state index in [9.17, 15) is 18.3 Å². The van der Waals surface area contributed by atoms with E-state index in [-0.39, 0.29) is 24.0 Å². The lowest BCUT2D eigenvalue weighted by Gasteiger charge is -2.22. The molecule has 0 saturated heterocycles. The van der Waals surface area contributed by atoms with Gasteiger partial charge in [0.1, 0.15) is 11.5 Å². The summed E-state index contributed by atoms with van der Waals surface area (Å²) in [5.74, 6) is -0.715. The molecule has 1 amide bonds. The predicted octanol–water partition coefficient (Wildman–Crippen LogP) is 1.67. The third-order valence-electron chi connectivity index (χ3n) is 3.14. The lowest BCUT2D eigenvalue weighted by atomic mass is 10.2. The molecule has 134 valence electrons. The number of phenols is 1. The van der Waals surface area contributed by atoms with Gasteiger partial charge in [-0.1, -0.05) is 12.1 Å². The fourth-order valence-electron chi connectivity index (χ4n) is 2.04. The van der Waals surface area contributed by atoms with Crippen LogP contribution in [0.4, 0.5) is 5.69 Å². The predicted molar refractivity (Wildman–Crippen MR) is 91.6 cm³/mol. The van der Waals surface area contributed by atoms with Crippen molar-refractivity contribution in [2.45, 2.75) is 13.5 Å². The summed E-state index contributed by atoms with van der Waals surface area (Å²) >= 11 is 0. The number of carbonyl (C=O) groups excluding carboxylic acids is 1. The van der Waals surface area contributed by atoms with Crippen molar-refractivity contribution >= 4 is 21.7 Å². The number of hydrazine groups is 1. The van der Waals surface area contributed by atoms with Gasteiger partial charge in [-0.05, 0) is 42.0 Å². The Kier molecular flexibility index (Phi) is 5.97. The molecular weight excluding hydrogens is 348 g/mol. The normalized spacial score (nSPS) is 11.1. The zero-order chi connectivity index (χ0) is 18.4. The van der Waals surface area contributed by atoms with Gasteiger partial charge in [0.25, 0.3) is 0 Å². The molecule has 0 aliphatic carbocycles. The van der Waals surface area contributed by atoms with E-state index in [0.29, 0.717) is 5.69 Å². The third-order valence-corrected chi connectivity index (χ3v) is 3.55. The van der Waals surface area contributed by atoms with E-state index in [4.69, 9.17) is 9.29 Å². The van der Waals surface area contributed by atoms with E-state index in [1.54, 1.807) is 36.4 Å². The van der Waals surface area contributed by atoms with Crippen molar-refractivity contribution in [3.63, 3.8) is 0 Å². The molecule has 0 saturated carbocycles. The largest absolute Gasteiger partial charge is 0.508 e. The van der Waals surface area contributed by atoms with E-state index in [0.717, 1.165) is 5.56 Å². The van der Waals surface area contributed by atoms with Gasteiger partial charge in [-0.15, -0.1) is 0 Å².